The highest BCUT2D eigenvalue weighted by Gasteiger charge is 2.41. The highest BCUT2D eigenvalue weighted by Crippen LogP contribution is 2.37. The molecular formula is C19H23Cl3N4O2. The van der Waals surface area contributed by atoms with Crippen molar-refractivity contribution >= 4 is 35.6 Å². The minimum Gasteiger partial charge on any atom is -0.381 e. The van der Waals surface area contributed by atoms with Crippen LogP contribution in [0.25, 0.3) is 11.3 Å². The standard InChI is InChI=1S/C19H22Cl2N4O2.ClH/c20-13-1-2-14(15(21)7-13)19-17-11-27-18-10-24(8-12-3-5-26-6-4-12)9-16(18)25(17)23-22-19;/h1-2,7,12,16,18H,3-6,8-11H2;1H/t16-,18-;/m0./s1. The lowest BCUT2D eigenvalue weighted by Crippen LogP contribution is -2.32. The van der Waals surface area contributed by atoms with Crippen molar-refractivity contribution in [2.45, 2.75) is 31.6 Å². The summed E-state index contributed by atoms with van der Waals surface area (Å²) in [6, 6.07) is 5.67. The van der Waals surface area contributed by atoms with Crippen LogP contribution in [-0.4, -0.2) is 58.8 Å². The van der Waals surface area contributed by atoms with Crippen LogP contribution in [-0.2, 0) is 16.1 Å². The molecule has 9 heteroatoms. The van der Waals surface area contributed by atoms with Gasteiger partial charge in [0.05, 0.1) is 29.5 Å². The lowest BCUT2D eigenvalue weighted by atomic mass is 10.00. The van der Waals surface area contributed by atoms with Gasteiger partial charge in [-0.2, -0.15) is 0 Å². The Bertz CT molecular complexity index is 841. The SMILES string of the molecule is Cl.Clc1ccc(-c2nnn3c2CO[C@H]2CN(CC4CCOCC4)C[C@@H]23)c(Cl)c1. The summed E-state index contributed by atoms with van der Waals surface area (Å²) in [4.78, 5) is 2.51. The van der Waals surface area contributed by atoms with Gasteiger partial charge in [0.2, 0.25) is 0 Å². The number of aromatic nitrogens is 3. The van der Waals surface area contributed by atoms with E-state index < -0.39 is 0 Å². The number of nitrogens with zero attached hydrogens (tertiary/aromatic N) is 4. The highest BCUT2D eigenvalue weighted by molar-refractivity contribution is 6.36. The lowest BCUT2D eigenvalue weighted by Gasteiger charge is -2.26. The van der Waals surface area contributed by atoms with Crippen molar-refractivity contribution < 1.29 is 9.47 Å². The molecule has 152 valence electrons. The van der Waals surface area contributed by atoms with Crippen molar-refractivity contribution in [2.75, 3.05) is 32.8 Å². The topological polar surface area (TPSA) is 52.4 Å². The molecule has 2 fully saturated rings. The third-order valence-corrected chi connectivity index (χ3v) is 6.44. The first kappa shape index (κ1) is 20.4. The van der Waals surface area contributed by atoms with Gasteiger partial charge >= 0.3 is 0 Å². The molecule has 0 N–H and O–H groups in total. The van der Waals surface area contributed by atoms with E-state index in [0.29, 0.717) is 16.7 Å². The van der Waals surface area contributed by atoms with Crippen LogP contribution in [0, 0.1) is 5.92 Å². The number of rotatable bonds is 3. The normalized spacial score (nSPS) is 25.2. The molecule has 28 heavy (non-hydrogen) atoms. The smallest absolute Gasteiger partial charge is 0.120 e. The number of benzene rings is 1. The molecule has 0 saturated carbocycles. The minimum atomic E-state index is 0. The molecule has 0 unspecified atom stereocenters. The molecule has 4 heterocycles. The van der Waals surface area contributed by atoms with E-state index in [0.717, 1.165) is 68.6 Å². The van der Waals surface area contributed by atoms with E-state index in [1.54, 1.807) is 6.07 Å². The Hall–Kier alpha value is -0.890. The van der Waals surface area contributed by atoms with E-state index >= 15 is 0 Å². The van der Waals surface area contributed by atoms with Gasteiger partial charge in [0.25, 0.3) is 0 Å². The number of hydrogen-bond donors (Lipinski definition) is 0. The molecule has 2 saturated heterocycles. The van der Waals surface area contributed by atoms with Crippen molar-refractivity contribution in [1.29, 1.82) is 0 Å². The number of likely N-dealkylation sites (tertiary alicyclic amines) is 1. The summed E-state index contributed by atoms with van der Waals surface area (Å²) in [6.07, 6.45) is 2.48. The predicted octanol–water partition coefficient (Wildman–Crippen LogP) is 3.86. The molecule has 5 rings (SSSR count). The fourth-order valence-electron chi connectivity index (χ4n) is 4.47. The van der Waals surface area contributed by atoms with E-state index in [1.165, 1.54) is 0 Å². The second-order valence-corrected chi connectivity index (χ2v) is 8.49. The Kier molecular flexibility index (Phi) is 6.16. The molecule has 0 spiro atoms. The molecule has 3 aliphatic rings. The van der Waals surface area contributed by atoms with Crippen LogP contribution in [0.5, 0.6) is 0 Å². The molecule has 1 aromatic carbocycles. The van der Waals surface area contributed by atoms with Crippen molar-refractivity contribution in [3.05, 3.63) is 33.9 Å². The average Bonchev–Trinajstić information content (AvgIpc) is 3.26. The van der Waals surface area contributed by atoms with E-state index in [9.17, 15) is 0 Å². The van der Waals surface area contributed by atoms with Gasteiger partial charge in [0.1, 0.15) is 5.69 Å². The van der Waals surface area contributed by atoms with Crippen LogP contribution in [0.4, 0.5) is 0 Å². The number of hydrogen-bond acceptors (Lipinski definition) is 5. The molecule has 1 aromatic heterocycles. The van der Waals surface area contributed by atoms with E-state index in [1.807, 2.05) is 12.1 Å². The maximum Gasteiger partial charge on any atom is 0.120 e. The number of ether oxygens (including phenoxy) is 2. The Labute approximate surface area is 180 Å². The first-order valence-electron chi connectivity index (χ1n) is 9.50. The zero-order valence-electron chi connectivity index (χ0n) is 15.4. The summed E-state index contributed by atoms with van der Waals surface area (Å²) in [7, 11) is 0. The van der Waals surface area contributed by atoms with Gasteiger partial charge in [-0.05, 0) is 37.0 Å². The van der Waals surface area contributed by atoms with Crippen molar-refractivity contribution in [3.63, 3.8) is 0 Å². The van der Waals surface area contributed by atoms with Gasteiger partial charge in [-0.1, -0.05) is 28.4 Å². The maximum absolute atomic E-state index is 6.39. The second-order valence-electron chi connectivity index (χ2n) is 7.64. The summed E-state index contributed by atoms with van der Waals surface area (Å²) in [5, 5.41) is 10.1. The lowest BCUT2D eigenvalue weighted by molar-refractivity contribution is -0.00571. The third-order valence-electron chi connectivity index (χ3n) is 5.90. The molecule has 0 bridgehead atoms. The Morgan fingerprint density at radius 1 is 1.14 bits per heavy atom. The van der Waals surface area contributed by atoms with Crippen LogP contribution < -0.4 is 0 Å². The fourth-order valence-corrected chi connectivity index (χ4v) is 4.96. The predicted molar refractivity (Wildman–Crippen MR) is 110 cm³/mol. The average molecular weight is 446 g/mol. The molecule has 2 atom stereocenters. The van der Waals surface area contributed by atoms with E-state index in [2.05, 4.69) is 19.9 Å². The van der Waals surface area contributed by atoms with Gasteiger partial charge in [0.15, 0.2) is 0 Å². The number of halogens is 3. The third kappa shape index (κ3) is 3.78. The molecule has 3 aliphatic heterocycles. The summed E-state index contributed by atoms with van der Waals surface area (Å²) in [5.74, 6) is 0.720. The van der Waals surface area contributed by atoms with Gasteiger partial charge < -0.3 is 9.47 Å². The van der Waals surface area contributed by atoms with E-state index in [4.69, 9.17) is 32.7 Å². The van der Waals surface area contributed by atoms with Gasteiger partial charge in [0, 0.05) is 43.4 Å². The van der Waals surface area contributed by atoms with Crippen LogP contribution in [0.3, 0.4) is 0 Å². The quantitative estimate of drug-likeness (QED) is 0.718. The molecule has 0 aliphatic carbocycles. The van der Waals surface area contributed by atoms with Crippen LogP contribution in [0.2, 0.25) is 10.0 Å². The van der Waals surface area contributed by atoms with Crippen molar-refractivity contribution in [1.82, 2.24) is 19.9 Å². The maximum atomic E-state index is 6.39. The molecular weight excluding hydrogens is 423 g/mol. The largest absolute Gasteiger partial charge is 0.381 e. The summed E-state index contributed by atoms with van der Waals surface area (Å²) < 4.78 is 13.7. The first-order chi connectivity index (χ1) is 13.2. The molecule has 0 radical (unpaired) electrons. The van der Waals surface area contributed by atoms with Crippen LogP contribution in [0.1, 0.15) is 24.6 Å². The first-order valence-corrected chi connectivity index (χ1v) is 10.3. The molecule has 6 nitrogen and oxygen atoms in total. The van der Waals surface area contributed by atoms with Crippen LogP contribution in [0.15, 0.2) is 18.2 Å². The minimum absolute atomic E-state index is 0. The van der Waals surface area contributed by atoms with Gasteiger partial charge in [-0.25, -0.2) is 4.68 Å². The Morgan fingerprint density at radius 2 is 1.96 bits per heavy atom. The van der Waals surface area contributed by atoms with Gasteiger partial charge in [-0.15, -0.1) is 17.5 Å². The highest BCUT2D eigenvalue weighted by atomic mass is 35.5. The summed E-state index contributed by atoms with van der Waals surface area (Å²) in [5.41, 5.74) is 2.63. The van der Waals surface area contributed by atoms with Gasteiger partial charge in [-0.3, -0.25) is 4.90 Å². The Morgan fingerprint density at radius 3 is 2.75 bits per heavy atom. The monoisotopic (exact) mass is 444 g/mol. The Balaban J connectivity index is 0.00000192. The number of fused-ring (bicyclic) bond motifs is 3. The van der Waals surface area contributed by atoms with E-state index in [-0.39, 0.29) is 24.6 Å². The molecule has 0 amide bonds. The zero-order valence-corrected chi connectivity index (χ0v) is 17.7. The van der Waals surface area contributed by atoms with Crippen molar-refractivity contribution in [3.8, 4) is 11.3 Å². The summed E-state index contributed by atoms with van der Waals surface area (Å²) in [6.45, 7) is 5.30. The summed E-state index contributed by atoms with van der Waals surface area (Å²) >= 11 is 12.4. The zero-order chi connectivity index (χ0) is 18.4. The van der Waals surface area contributed by atoms with Crippen molar-refractivity contribution in [2.24, 2.45) is 5.92 Å². The second kappa shape index (κ2) is 8.46. The fraction of sp³-hybridized carbons (Fsp3) is 0.579. The van der Waals surface area contributed by atoms with Crippen LogP contribution >= 0.6 is 35.6 Å². The molecule has 2 aromatic rings.